The molecule has 2 aromatic heterocycles. The lowest BCUT2D eigenvalue weighted by molar-refractivity contribution is -0.0603. The third-order valence-electron chi connectivity index (χ3n) is 8.48. The van der Waals surface area contributed by atoms with Crippen LogP contribution < -0.4 is 10.5 Å². The van der Waals surface area contributed by atoms with Gasteiger partial charge in [0.05, 0.1) is 17.1 Å². The lowest BCUT2D eigenvalue weighted by atomic mass is 9.79. The molecule has 1 atom stereocenters. The van der Waals surface area contributed by atoms with Crippen LogP contribution in [0.5, 0.6) is 5.75 Å². The van der Waals surface area contributed by atoms with Crippen LogP contribution in [0.3, 0.4) is 0 Å². The summed E-state index contributed by atoms with van der Waals surface area (Å²) >= 11 is 0. The van der Waals surface area contributed by atoms with Gasteiger partial charge in [0.25, 0.3) is 5.92 Å². The number of rotatable bonds is 7. The number of alkyl halides is 2. The maximum Gasteiger partial charge on any atom is 0.250 e. The van der Waals surface area contributed by atoms with E-state index < -0.39 is 5.92 Å². The standard InChI is InChI=1S/C29H37F2N5O2/c1-28(2)7-6-23(38-28)17-37-22-5-3-4-20(14-22)24-16-36(27-25(24)26(32)33-18-34-27)21-12-19(13-21)15-35-10-8-29(30,31)9-11-35/h3-5,14,16,18-19,21,23H,6-13,15,17H2,1-2H3,(H2,32,33,34)/t19-,21+,23-/m0/s1. The highest BCUT2D eigenvalue weighted by atomic mass is 19.3. The summed E-state index contributed by atoms with van der Waals surface area (Å²) in [6, 6.07) is 8.37. The normalized spacial score (nSPS) is 26.9. The third-order valence-corrected chi connectivity index (χ3v) is 8.48. The highest BCUT2D eigenvalue weighted by molar-refractivity contribution is 6.00. The third kappa shape index (κ3) is 5.23. The van der Waals surface area contributed by atoms with E-state index in [4.69, 9.17) is 15.2 Å². The van der Waals surface area contributed by atoms with E-state index in [1.165, 1.54) is 6.33 Å². The fourth-order valence-corrected chi connectivity index (χ4v) is 6.25. The van der Waals surface area contributed by atoms with E-state index in [1.807, 2.05) is 18.2 Å². The number of halogens is 2. The molecule has 0 bridgehead atoms. The molecule has 7 nitrogen and oxygen atoms in total. The smallest absolute Gasteiger partial charge is 0.250 e. The Bertz CT molecular complexity index is 1290. The van der Waals surface area contributed by atoms with Crippen LogP contribution in [0, 0.1) is 5.92 Å². The molecule has 1 aromatic carbocycles. The van der Waals surface area contributed by atoms with Gasteiger partial charge in [-0.3, -0.25) is 0 Å². The Morgan fingerprint density at radius 2 is 1.92 bits per heavy atom. The molecular formula is C29H37F2N5O2. The fraction of sp³-hybridized carbons (Fsp3) is 0.586. The number of hydrogen-bond acceptors (Lipinski definition) is 6. The van der Waals surface area contributed by atoms with Gasteiger partial charge in [0.2, 0.25) is 0 Å². The maximum absolute atomic E-state index is 13.5. The van der Waals surface area contributed by atoms with Crippen molar-refractivity contribution in [3.8, 4) is 16.9 Å². The molecule has 204 valence electrons. The number of nitrogen functional groups attached to an aromatic ring is 1. The average molecular weight is 526 g/mol. The van der Waals surface area contributed by atoms with E-state index >= 15 is 0 Å². The number of benzene rings is 1. The molecule has 6 rings (SSSR count). The van der Waals surface area contributed by atoms with Gasteiger partial charge in [-0.1, -0.05) is 12.1 Å². The van der Waals surface area contributed by atoms with Gasteiger partial charge in [0.15, 0.2) is 0 Å². The minimum absolute atomic E-state index is 0.0284. The Kier molecular flexibility index (Phi) is 6.54. The summed E-state index contributed by atoms with van der Waals surface area (Å²) in [5.74, 6) is -0.738. The number of anilines is 1. The topological polar surface area (TPSA) is 78.4 Å². The maximum atomic E-state index is 13.5. The van der Waals surface area contributed by atoms with Crippen LogP contribution in [-0.2, 0) is 4.74 Å². The summed E-state index contributed by atoms with van der Waals surface area (Å²) in [6.45, 7) is 6.62. The molecule has 2 saturated heterocycles. The Balaban J connectivity index is 1.17. The molecule has 9 heteroatoms. The Labute approximate surface area is 222 Å². The van der Waals surface area contributed by atoms with Gasteiger partial charge in [-0.15, -0.1) is 0 Å². The lowest BCUT2D eigenvalue weighted by Crippen LogP contribution is -2.44. The lowest BCUT2D eigenvalue weighted by Gasteiger charge is -2.41. The monoisotopic (exact) mass is 525 g/mol. The number of nitrogens with two attached hydrogens (primary N) is 1. The van der Waals surface area contributed by atoms with E-state index in [0.717, 1.165) is 60.1 Å². The minimum atomic E-state index is -2.50. The van der Waals surface area contributed by atoms with Crippen LogP contribution in [0.4, 0.5) is 14.6 Å². The first kappa shape index (κ1) is 25.5. The van der Waals surface area contributed by atoms with Crippen LogP contribution in [-0.4, -0.2) is 63.3 Å². The van der Waals surface area contributed by atoms with Crippen LogP contribution in [0.1, 0.15) is 58.4 Å². The van der Waals surface area contributed by atoms with E-state index in [0.29, 0.717) is 37.5 Å². The quantitative estimate of drug-likeness (QED) is 0.426. The number of piperidine rings is 1. The molecule has 1 saturated carbocycles. The van der Waals surface area contributed by atoms with Gasteiger partial charge in [-0.05, 0) is 63.1 Å². The Morgan fingerprint density at radius 1 is 1.13 bits per heavy atom. The molecule has 2 aliphatic heterocycles. The molecule has 0 amide bonds. The second-order valence-corrected chi connectivity index (χ2v) is 11.9. The first-order valence-corrected chi connectivity index (χ1v) is 13.8. The predicted molar refractivity (Wildman–Crippen MR) is 143 cm³/mol. The highest BCUT2D eigenvalue weighted by Gasteiger charge is 2.38. The zero-order chi connectivity index (χ0) is 26.5. The van der Waals surface area contributed by atoms with Crippen molar-refractivity contribution in [1.82, 2.24) is 19.4 Å². The zero-order valence-corrected chi connectivity index (χ0v) is 22.2. The number of likely N-dealkylation sites (tertiary alicyclic amines) is 1. The first-order chi connectivity index (χ1) is 18.2. The Morgan fingerprint density at radius 3 is 2.66 bits per heavy atom. The second-order valence-electron chi connectivity index (χ2n) is 11.9. The molecule has 0 radical (unpaired) electrons. The zero-order valence-electron chi connectivity index (χ0n) is 22.2. The van der Waals surface area contributed by atoms with E-state index in [1.54, 1.807) is 0 Å². The number of ether oxygens (including phenoxy) is 2. The number of aromatic nitrogens is 3. The molecule has 4 heterocycles. The number of nitrogens with zero attached hydrogens (tertiary/aromatic N) is 4. The van der Waals surface area contributed by atoms with Gasteiger partial charge < -0.3 is 24.7 Å². The van der Waals surface area contributed by atoms with E-state index in [9.17, 15) is 8.78 Å². The number of fused-ring (bicyclic) bond motifs is 1. The van der Waals surface area contributed by atoms with Crippen molar-refractivity contribution in [3.05, 3.63) is 36.8 Å². The van der Waals surface area contributed by atoms with Crippen molar-refractivity contribution in [1.29, 1.82) is 0 Å². The summed E-state index contributed by atoms with van der Waals surface area (Å²) in [5, 5.41) is 0.854. The summed E-state index contributed by atoms with van der Waals surface area (Å²) in [6.07, 6.45) is 7.74. The van der Waals surface area contributed by atoms with E-state index in [2.05, 4.69) is 45.5 Å². The molecule has 0 spiro atoms. The molecular weight excluding hydrogens is 488 g/mol. The predicted octanol–water partition coefficient (Wildman–Crippen LogP) is 5.70. The van der Waals surface area contributed by atoms with Gasteiger partial charge in [0, 0.05) is 50.3 Å². The first-order valence-electron chi connectivity index (χ1n) is 13.8. The molecule has 2 N–H and O–H groups in total. The van der Waals surface area contributed by atoms with Gasteiger partial charge in [-0.2, -0.15) is 0 Å². The average Bonchev–Trinajstić information content (AvgIpc) is 3.41. The van der Waals surface area contributed by atoms with Crippen molar-refractivity contribution in [2.45, 2.75) is 76.0 Å². The van der Waals surface area contributed by atoms with Crippen LogP contribution >= 0.6 is 0 Å². The summed E-state index contributed by atoms with van der Waals surface area (Å²) in [7, 11) is 0. The van der Waals surface area contributed by atoms with Crippen molar-refractivity contribution in [2.24, 2.45) is 5.92 Å². The fourth-order valence-electron chi connectivity index (χ4n) is 6.25. The molecule has 3 aliphatic rings. The highest BCUT2D eigenvalue weighted by Crippen LogP contribution is 2.44. The summed E-state index contributed by atoms with van der Waals surface area (Å²) < 4.78 is 41.5. The van der Waals surface area contributed by atoms with Crippen molar-refractivity contribution < 1.29 is 18.3 Å². The van der Waals surface area contributed by atoms with Crippen LogP contribution in [0.25, 0.3) is 22.2 Å². The minimum Gasteiger partial charge on any atom is -0.491 e. The van der Waals surface area contributed by atoms with E-state index in [-0.39, 0.29) is 24.5 Å². The molecule has 38 heavy (non-hydrogen) atoms. The molecule has 0 unspecified atom stereocenters. The van der Waals surface area contributed by atoms with Crippen molar-refractivity contribution in [2.75, 3.05) is 32.0 Å². The van der Waals surface area contributed by atoms with Crippen LogP contribution in [0.15, 0.2) is 36.8 Å². The number of hydrogen-bond donors (Lipinski definition) is 1. The SMILES string of the molecule is CC1(C)CC[C@@H](COc2cccc(-c3cn([C@H]4C[C@@H](CN5CCC(F)(F)CC5)C4)c4ncnc(N)c34)c2)O1. The van der Waals surface area contributed by atoms with Crippen molar-refractivity contribution >= 4 is 16.9 Å². The molecule has 3 aromatic rings. The van der Waals surface area contributed by atoms with Gasteiger partial charge >= 0.3 is 0 Å². The largest absolute Gasteiger partial charge is 0.491 e. The van der Waals surface area contributed by atoms with Gasteiger partial charge in [-0.25, -0.2) is 18.7 Å². The molecule has 3 fully saturated rings. The van der Waals surface area contributed by atoms with Crippen LogP contribution in [0.2, 0.25) is 0 Å². The Hall–Kier alpha value is -2.78. The summed E-state index contributed by atoms with van der Waals surface area (Å²) in [5.41, 5.74) is 9.11. The van der Waals surface area contributed by atoms with Gasteiger partial charge in [0.1, 0.15) is 30.1 Å². The summed E-state index contributed by atoms with van der Waals surface area (Å²) in [4.78, 5) is 11.1. The second kappa shape index (κ2) is 9.75. The van der Waals surface area contributed by atoms with Crippen molar-refractivity contribution in [3.63, 3.8) is 0 Å². The molecule has 1 aliphatic carbocycles.